The second-order valence-electron chi connectivity index (χ2n) is 4.83. The molecule has 10 heteroatoms. The van der Waals surface area contributed by atoms with Crippen LogP contribution in [0.1, 0.15) is 10.7 Å². The molecule has 0 aliphatic carbocycles. The quantitative estimate of drug-likeness (QED) is 0.626. The molecule has 0 fully saturated rings. The van der Waals surface area contributed by atoms with E-state index in [0.29, 0.717) is 12.2 Å². The Bertz CT molecular complexity index is 832. The number of rotatable bonds is 6. The fourth-order valence-electron chi connectivity index (χ4n) is 2.07. The number of nitrogens with zero attached hydrogens (tertiary/aromatic N) is 3. The van der Waals surface area contributed by atoms with Crippen LogP contribution in [0.3, 0.4) is 0 Å². The third kappa shape index (κ3) is 3.84. The van der Waals surface area contributed by atoms with Crippen LogP contribution >= 0.6 is 11.3 Å². The molecule has 0 aliphatic rings. The highest BCUT2D eigenvalue weighted by molar-refractivity contribution is 7.89. The molecule has 8 nitrogen and oxygen atoms in total. The zero-order valence-corrected chi connectivity index (χ0v) is 14.4. The maximum Gasteiger partial charge on any atom is 0.293 e. The van der Waals surface area contributed by atoms with Crippen LogP contribution in [0.4, 0.5) is 11.4 Å². The molecule has 1 N–H and O–H groups in total. The van der Waals surface area contributed by atoms with Crippen LogP contribution in [0.25, 0.3) is 0 Å². The van der Waals surface area contributed by atoms with Gasteiger partial charge >= 0.3 is 0 Å². The standard InChI is InChI=1S/C13H16N4O4S2/c1-9-15-10(8-22-9)7-16(3)12-5-4-11(23(20,21)14-2)6-13(12)17(18)19/h4-6,8,14H,7H2,1-3H3. The van der Waals surface area contributed by atoms with E-state index >= 15 is 0 Å². The topological polar surface area (TPSA) is 105 Å². The van der Waals surface area contributed by atoms with Crippen LogP contribution in [-0.4, -0.2) is 32.4 Å². The second kappa shape index (κ2) is 6.60. The first kappa shape index (κ1) is 17.3. The highest BCUT2D eigenvalue weighted by Gasteiger charge is 2.22. The van der Waals surface area contributed by atoms with Crippen molar-refractivity contribution in [3.05, 3.63) is 44.4 Å². The maximum absolute atomic E-state index is 11.8. The second-order valence-corrected chi connectivity index (χ2v) is 7.78. The van der Waals surface area contributed by atoms with E-state index in [1.807, 2.05) is 12.3 Å². The maximum atomic E-state index is 11.8. The number of hydrogen-bond donors (Lipinski definition) is 1. The zero-order valence-electron chi connectivity index (χ0n) is 12.8. The predicted octanol–water partition coefficient (Wildman–Crippen LogP) is 1.90. The Labute approximate surface area is 138 Å². The van der Waals surface area contributed by atoms with Gasteiger partial charge in [0.25, 0.3) is 5.69 Å². The van der Waals surface area contributed by atoms with E-state index in [0.717, 1.165) is 16.8 Å². The molecule has 0 bridgehead atoms. The van der Waals surface area contributed by atoms with E-state index in [1.165, 1.54) is 30.5 Å². The van der Waals surface area contributed by atoms with E-state index < -0.39 is 14.9 Å². The van der Waals surface area contributed by atoms with E-state index in [9.17, 15) is 18.5 Å². The van der Waals surface area contributed by atoms with Crippen LogP contribution in [-0.2, 0) is 16.6 Å². The van der Waals surface area contributed by atoms with Gasteiger partial charge in [-0.2, -0.15) is 0 Å². The molecular formula is C13H16N4O4S2. The summed E-state index contributed by atoms with van der Waals surface area (Å²) < 4.78 is 25.7. The molecule has 2 rings (SSSR count). The normalized spacial score (nSPS) is 11.4. The summed E-state index contributed by atoms with van der Waals surface area (Å²) in [5, 5.41) is 14.1. The molecule has 0 unspecified atom stereocenters. The first-order chi connectivity index (χ1) is 10.7. The van der Waals surface area contributed by atoms with Crippen LogP contribution in [0.5, 0.6) is 0 Å². The lowest BCUT2D eigenvalue weighted by molar-refractivity contribution is -0.384. The van der Waals surface area contributed by atoms with Gasteiger partial charge in [0.05, 0.1) is 27.1 Å². The lowest BCUT2D eigenvalue weighted by Crippen LogP contribution is -2.20. The minimum absolute atomic E-state index is 0.145. The fourth-order valence-corrected chi connectivity index (χ4v) is 3.42. The molecule has 23 heavy (non-hydrogen) atoms. The summed E-state index contributed by atoms with van der Waals surface area (Å²) in [4.78, 5) is 16.6. The van der Waals surface area contributed by atoms with Gasteiger partial charge in [0.15, 0.2) is 0 Å². The summed E-state index contributed by atoms with van der Waals surface area (Å²) in [6, 6.07) is 3.84. The Hall–Kier alpha value is -2.04. The van der Waals surface area contributed by atoms with Gasteiger partial charge in [0.1, 0.15) is 5.69 Å². The first-order valence-corrected chi connectivity index (χ1v) is 8.95. The molecule has 0 amide bonds. The molecule has 1 aromatic heterocycles. The van der Waals surface area contributed by atoms with Crippen molar-refractivity contribution in [2.75, 3.05) is 19.0 Å². The van der Waals surface area contributed by atoms with Gasteiger partial charge in [-0.25, -0.2) is 18.1 Å². The summed E-state index contributed by atoms with van der Waals surface area (Å²) in [6.07, 6.45) is 0. The van der Waals surface area contributed by atoms with Gasteiger partial charge in [-0.05, 0) is 26.1 Å². The Morgan fingerprint density at radius 2 is 2.13 bits per heavy atom. The van der Waals surface area contributed by atoms with Gasteiger partial charge in [-0.3, -0.25) is 10.1 Å². The van der Waals surface area contributed by atoms with Crippen molar-refractivity contribution in [2.24, 2.45) is 0 Å². The first-order valence-electron chi connectivity index (χ1n) is 6.58. The number of benzene rings is 1. The SMILES string of the molecule is CNS(=O)(=O)c1ccc(N(C)Cc2csc(C)n2)c([N+](=O)[O-])c1. The molecular weight excluding hydrogens is 340 g/mol. The van der Waals surface area contributed by atoms with Gasteiger partial charge < -0.3 is 4.90 Å². The minimum atomic E-state index is -3.74. The third-order valence-electron chi connectivity index (χ3n) is 3.20. The van der Waals surface area contributed by atoms with Crippen molar-refractivity contribution in [1.29, 1.82) is 0 Å². The largest absolute Gasteiger partial charge is 0.363 e. The van der Waals surface area contributed by atoms with E-state index in [2.05, 4.69) is 9.71 Å². The van der Waals surface area contributed by atoms with Gasteiger partial charge in [0, 0.05) is 18.5 Å². The van der Waals surface area contributed by atoms with Gasteiger partial charge in [-0.1, -0.05) is 0 Å². The number of aromatic nitrogens is 1. The van der Waals surface area contributed by atoms with Crippen LogP contribution in [0.2, 0.25) is 0 Å². The molecule has 0 spiro atoms. The zero-order chi connectivity index (χ0) is 17.2. The van der Waals surface area contributed by atoms with Crippen molar-refractivity contribution in [3.8, 4) is 0 Å². The number of thiazole rings is 1. The van der Waals surface area contributed by atoms with E-state index in [1.54, 1.807) is 11.9 Å². The highest BCUT2D eigenvalue weighted by Crippen LogP contribution is 2.31. The Balaban J connectivity index is 2.39. The number of hydrogen-bond acceptors (Lipinski definition) is 7. The molecule has 124 valence electrons. The van der Waals surface area contributed by atoms with Gasteiger partial charge in [0.2, 0.25) is 10.0 Å². The average Bonchev–Trinajstić information content (AvgIpc) is 2.91. The van der Waals surface area contributed by atoms with Crippen LogP contribution in [0.15, 0.2) is 28.5 Å². The smallest absolute Gasteiger partial charge is 0.293 e. The molecule has 0 radical (unpaired) electrons. The third-order valence-corrected chi connectivity index (χ3v) is 5.43. The van der Waals surface area contributed by atoms with Crippen LogP contribution < -0.4 is 9.62 Å². The molecule has 1 aromatic carbocycles. The van der Waals surface area contributed by atoms with Gasteiger partial charge in [-0.15, -0.1) is 11.3 Å². The van der Waals surface area contributed by atoms with Crippen molar-refractivity contribution >= 4 is 32.7 Å². The molecule has 0 atom stereocenters. The van der Waals surface area contributed by atoms with Crippen molar-refractivity contribution in [2.45, 2.75) is 18.4 Å². The minimum Gasteiger partial charge on any atom is -0.363 e. The van der Waals surface area contributed by atoms with Crippen molar-refractivity contribution < 1.29 is 13.3 Å². The molecule has 0 saturated carbocycles. The highest BCUT2D eigenvalue weighted by atomic mass is 32.2. The Kier molecular flexibility index (Phi) is 4.97. The molecule has 0 aliphatic heterocycles. The van der Waals surface area contributed by atoms with Crippen LogP contribution in [0, 0.1) is 17.0 Å². The summed E-state index contributed by atoms with van der Waals surface area (Å²) in [5.74, 6) is 0. The Morgan fingerprint density at radius 1 is 1.43 bits per heavy atom. The number of nitrogens with one attached hydrogen (secondary N) is 1. The number of nitro groups is 1. The summed E-state index contributed by atoms with van der Waals surface area (Å²) in [6.45, 7) is 2.28. The summed E-state index contributed by atoms with van der Waals surface area (Å²) in [7, 11) is -0.782. The lowest BCUT2D eigenvalue weighted by atomic mass is 10.2. The number of anilines is 1. The average molecular weight is 356 g/mol. The molecule has 1 heterocycles. The summed E-state index contributed by atoms with van der Waals surface area (Å²) >= 11 is 1.50. The summed E-state index contributed by atoms with van der Waals surface area (Å²) in [5.41, 5.74) is 0.864. The number of nitro benzene ring substituents is 1. The van der Waals surface area contributed by atoms with Crippen molar-refractivity contribution in [3.63, 3.8) is 0 Å². The lowest BCUT2D eigenvalue weighted by Gasteiger charge is -2.18. The fraction of sp³-hybridized carbons (Fsp3) is 0.308. The van der Waals surface area contributed by atoms with E-state index in [-0.39, 0.29) is 10.6 Å². The van der Waals surface area contributed by atoms with Crippen molar-refractivity contribution in [1.82, 2.24) is 9.71 Å². The molecule has 0 saturated heterocycles. The number of aryl methyl sites for hydroxylation is 1. The van der Waals surface area contributed by atoms with E-state index in [4.69, 9.17) is 0 Å². The number of sulfonamides is 1. The monoisotopic (exact) mass is 356 g/mol. The predicted molar refractivity (Wildman–Crippen MR) is 88.3 cm³/mol. The Morgan fingerprint density at radius 3 is 2.65 bits per heavy atom. The molecule has 2 aromatic rings.